The molecule has 0 aliphatic heterocycles. The Kier molecular flexibility index (Phi) is 4.73. The van der Waals surface area contributed by atoms with Crippen LogP contribution in [0.2, 0.25) is 0 Å². The molecule has 0 saturated carbocycles. The highest BCUT2D eigenvalue weighted by molar-refractivity contribution is 7.79. The van der Waals surface area contributed by atoms with E-state index in [9.17, 15) is 5.11 Å². The van der Waals surface area contributed by atoms with Crippen LogP contribution in [-0.2, 0) is 13.0 Å². The highest BCUT2D eigenvalue weighted by Gasteiger charge is 2.08. The molecule has 0 spiro atoms. The Balaban J connectivity index is 2.29. The fourth-order valence-corrected chi connectivity index (χ4v) is 4.63. The molecular weight excluding hydrogens is 294 g/mol. The van der Waals surface area contributed by atoms with Gasteiger partial charge in [0, 0.05) is 23.4 Å². The molecule has 5 heteroatoms. The van der Waals surface area contributed by atoms with Gasteiger partial charge in [0.15, 0.2) is 0 Å². The molecular formula is C14H17NOS3. The summed E-state index contributed by atoms with van der Waals surface area (Å²) in [5.74, 6) is 0.362. The molecule has 0 saturated heterocycles. The number of aromatic hydroxyl groups is 1. The van der Waals surface area contributed by atoms with Gasteiger partial charge >= 0.3 is 0 Å². The number of phenolic OH excluding ortho intramolecular Hbond substituents is 1. The van der Waals surface area contributed by atoms with Crippen molar-refractivity contribution in [2.75, 3.05) is 14.1 Å². The monoisotopic (exact) mass is 311 g/mol. The van der Waals surface area contributed by atoms with E-state index in [2.05, 4.69) is 17.9 Å². The van der Waals surface area contributed by atoms with Crippen molar-refractivity contribution in [3.8, 4) is 5.75 Å². The molecule has 0 unspecified atom stereocenters. The number of hydrogen-bond acceptors (Lipinski definition) is 5. The van der Waals surface area contributed by atoms with Crippen LogP contribution in [0.4, 0.5) is 0 Å². The second-order valence-corrected chi connectivity index (χ2v) is 7.89. The van der Waals surface area contributed by atoms with E-state index in [1.54, 1.807) is 26.7 Å². The maximum atomic E-state index is 9.88. The van der Waals surface area contributed by atoms with Crippen LogP contribution in [0.15, 0.2) is 18.2 Å². The third-order valence-electron chi connectivity index (χ3n) is 2.93. The van der Waals surface area contributed by atoms with E-state index in [1.165, 1.54) is 16.0 Å². The molecule has 0 aliphatic carbocycles. The Morgan fingerprint density at radius 1 is 1.26 bits per heavy atom. The molecule has 2 aromatic rings. The third-order valence-corrected chi connectivity index (χ3v) is 6.22. The van der Waals surface area contributed by atoms with Gasteiger partial charge in [-0.15, -0.1) is 0 Å². The van der Waals surface area contributed by atoms with Crippen molar-refractivity contribution in [3.63, 3.8) is 0 Å². The molecule has 2 rings (SSSR count). The number of phenols is 1. The lowest BCUT2D eigenvalue weighted by Crippen LogP contribution is -2.11. The van der Waals surface area contributed by atoms with Crippen LogP contribution in [0.3, 0.4) is 0 Å². The number of nitrogens with zero attached hydrogens (tertiary/aromatic N) is 1. The van der Waals surface area contributed by atoms with E-state index in [4.69, 9.17) is 12.2 Å². The minimum atomic E-state index is 0.362. The summed E-state index contributed by atoms with van der Waals surface area (Å²) in [6.45, 7) is 2.86. The van der Waals surface area contributed by atoms with E-state index < -0.39 is 0 Å². The van der Waals surface area contributed by atoms with Gasteiger partial charge in [0.1, 0.15) is 9.57 Å². The average molecular weight is 311 g/mol. The van der Waals surface area contributed by atoms with Gasteiger partial charge in [-0.1, -0.05) is 45.0 Å². The highest BCUT2D eigenvalue weighted by atomic mass is 32.9. The summed E-state index contributed by atoms with van der Waals surface area (Å²) in [5, 5.41) is 9.88. The first-order valence-electron chi connectivity index (χ1n) is 6.01. The summed E-state index contributed by atoms with van der Waals surface area (Å²) in [6, 6.07) is 5.83. The average Bonchev–Trinajstić information content (AvgIpc) is 2.64. The fraction of sp³-hybridized carbons (Fsp3) is 0.357. The van der Waals surface area contributed by atoms with E-state index >= 15 is 0 Å². The van der Waals surface area contributed by atoms with E-state index in [1.807, 2.05) is 20.2 Å². The van der Waals surface area contributed by atoms with Crippen LogP contribution in [0.25, 0.3) is 0 Å². The van der Waals surface area contributed by atoms with Gasteiger partial charge < -0.3 is 10.0 Å². The Morgan fingerprint density at radius 3 is 2.58 bits per heavy atom. The summed E-state index contributed by atoms with van der Waals surface area (Å²) in [4.78, 5) is 3.35. The second-order valence-electron chi connectivity index (χ2n) is 4.87. The standard InChI is InChI=1S/C14H17NOS3/c1-9-12(14(17)19-18-9)7-10-4-5-13(16)11(6-10)8-15(2)3/h4-6,16H,7-8H2,1-3H3. The predicted octanol–water partition coefficient (Wildman–Crippen LogP) is 4.21. The lowest BCUT2D eigenvalue weighted by molar-refractivity contribution is 0.385. The van der Waals surface area contributed by atoms with Crippen LogP contribution in [-0.4, -0.2) is 24.1 Å². The first kappa shape index (κ1) is 14.7. The summed E-state index contributed by atoms with van der Waals surface area (Å²) in [5.41, 5.74) is 3.42. The van der Waals surface area contributed by atoms with Crippen molar-refractivity contribution >= 4 is 32.9 Å². The number of benzene rings is 1. The summed E-state index contributed by atoms with van der Waals surface area (Å²) < 4.78 is 0.990. The zero-order valence-electron chi connectivity index (χ0n) is 11.3. The maximum Gasteiger partial charge on any atom is 0.120 e. The Labute approximate surface area is 126 Å². The summed E-state index contributed by atoms with van der Waals surface area (Å²) >= 11 is 5.37. The second kappa shape index (κ2) is 6.13. The molecule has 0 amide bonds. The molecule has 102 valence electrons. The molecule has 2 nitrogen and oxygen atoms in total. The number of rotatable bonds is 4. The molecule has 0 atom stereocenters. The highest BCUT2D eigenvalue weighted by Crippen LogP contribution is 2.28. The molecule has 19 heavy (non-hydrogen) atoms. The molecule has 0 fully saturated rings. The van der Waals surface area contributed by atoms with Crippen molar-refractivity contribution in [2.45, 2.75) is 19.9 Å². The lowest BCUT2D eigenvalue weighted by atomic mass is 10.0. The van der Waals surface area contributed by atoms with E-state index in [0.29, 0.717) is 5.75 Å². The van der Waals surface area contributed by atoms with Crippen molar-refractivity contribution in [1.82, 2.24) is 4.90 Å². The van der Waals surface area contributed by atoms with Crippen LogP contribution in [0.1, 0.15) is 21.6 Å². The van der Waals surface area contributed by atoms with Crippen molar-refractivity contribution < 1.29 is 5.11 Å². The first-order chi connectivity index (χ1) is 8.97. The molecule has 0 radical (unpaired) electrons. The molecule has 0 aliphatic rings. The quantitative estimate of drug-likeness (QED) is 0.676. The Bertz CT molecular complexity index is 628. The van der Waals surface area contributed by atoms with Crippen molar-refractivity contribution in [2.24, 2.45) is 0 Å². The maximum absolute atomic E-state index is 9.88. The zero-order chi connectivity index (χ0) is 14.0. The van der Waals surface area contributed by atoms with Crippen molar-refractivity contribution in [3.05, 3.63) is 43.6 Å². The van der Waals surface area contributed by atoms with E-state index in [-0.39, 0.29) is 0 Å². The minimum Gasteiger partial charge on any atom is -0.508 e. The largest absolute Gasteiger partial charge is 0.508 e. The van der Waals surface area contributed by atoms with Gasteiger partial charge in [0.05, 0.1) is 0 Å². The Morgan fingerprint density at radius 2 is 2.00 bits per heavy atom. The molecule has 0 bridgehead atoms. The van der Waals surface area contributed by atoms with Gasteiger partial charge in [0.25, 0.3) is 0 Å². The third kappa shape index (κ3) is 3.63. The number of aryl methyl sites for hydroxylation is 1. The molecule has 1 aromatic carbocycles. The number of hydrogen-bond donors (Lipinski definition) is 1. The normalized spacial score (nSPS) is 11.2. The van der Waals surface area contributed by atoms with Crippen LogP contribution >= 0.6 is 32.9 Å². The summed E-state index contributed by atoms with van der Waals surface area (Å²) in [6.07, 6.45) is 0.853. The van der Waals surface area contributed by atoms with Crippen LogP contribution in [0.5, 0.6) is 5.75 Å². The van der Waals surface area contributed by atoms with Crippen molar-refractivity contribution in [1.29, 1.82) is 0 Å². The van der Waals surface area contributed by atoms with Crippen LogP contribution in [0, 0.1) is 10.7 Å². The molecule has 1 heterocycles. The first-order valence-corrected chi connectivity index (χ1v) is 8.57. The van der Waals surface area contributed by atoms with Crippen LogP contribution < -0.4 is 0 Å². The topological polar surface area (TPSA) is 23.5 Å². The lowest BCUT2D eigenvalue weighted by Gasteiger charge is -2.12. The summed E-state index contributed by atoms with van der Waals surface area (Å²) in [7, 11) is 7.41. The SMILES string of the molecule is Cc1ssc(=S)c1Cc1ccc(O)c(CN(C)C)c1. The smallest absolute Gasteiger partial charge is 0.120 e. The Hall–Kier alpha value is -0.750. The van der Waals surface area contributed by atoms with E-state index in [0.717, 1.165) is 22.4 Å². The fourth-order valence-electron chi connectivity index (χ4n) is 1.96. The zero-order valence-corrected chi connectivity index (χ0v) is 13.7. The van der Waals surface area contributed by atoms with Gasteiger partial charge in [-0.05, 0) is 38.2 Å². The predicted molar refractivity (Wildman–Crippen MR) is 86.1 cm³/mol. The van der Waals surface area contributed by atoms with Gasteiger partial charge in [-0.3, -0.25) is 0 Å². The van der Waals surface area contributed by atoms with Gasteiger partial charge in [-0.25, -0.2) is 0 Å². The minimum absolute atomic E-state index is 0.362. The molecule has 1 aromatic heterocycles. The van der Waals surface area contributed by atoms with Gasteiger partial charge in [-0.2, -0.15) is 0 Å². The molecule has 1 N–H and O–H groups in total. The van der Waals surface area contributed by atoms with Gasteiger partial charge in [0.2, 0.25) is 0 Å².